The molecule has 1 N–H and O–H groups in total. The molecule has 2 fully saturated rings. The van der Waals surface area contributed by atoms with E-state index in [0.29, 0.717) is 11.1 Å². The topological polar surface area (TPSA) is 58.4 Å². The summed E-state index contributed by atoms with van der Waals surface area (Å²) in [6.45, 7) is 5.67. The largest absolute Gasteiger partial charge is 0.350 e. The monoisotopic (exact) mass is 311 g/mol. The van der Waals surface area contributed by atoms with Crippen LogP contribution in [-0.2, 0) is 0 Å². The summed E-state index contributed by atoms with van der Waals surface area (Å²) in [6, 6.07) is 11.7. The van der Waals surface area contributed by atoms with Gasteiger partial charge >= 0.3 is 0 Å². The number of likely N-dealkylation sites (tertiary alicyclic amines) is 1. The summed E-state index contributed by atoms with van der Waals surface area (Å²) in [5.41, 5.74) is 2.11. The highest BCUT2D eigenvalue weighted by Crippen LogP contribution is 2.48. The minimum Gasteiger partial charge on any atom is -0.350 e. The minimum absolute atomic E-state index is 0.161. The lowest BCUT2D eigenvalue weighted by molar-refractivity contribution is -0.0738. The van der Waals surface area contributed by atoms with E-state index in [2.05, 4.69) is 22.3 Å². The Hall–Kier alpha value is -2.14. The van der Waals surface area contributed by atoms with Gasteiger partial charge in [0.1, 0.15) is 5.69 Å². The summed E-state index contributed by atoms with van der Waals surface area (Å²) >= 11 is 0. The predicted octanol–water partition coefficient (Wildman–Crippen LogP) is 2.56. The molecule has 5 heteroatoms. The summed E-state index contributed by atoms with van der Waals surface area (Å²) in [5, 5.41) is 7.06. The molecule has 1 saturated carbocycles. The van der Waals surface area contributed by atoms with Gasteiger partial charge in [-0.15, -0.1) is 0 Å². The lowest BCUT2D eigenvalue weighted by atomic mass is 9.60. The van der Waals surface area contributed by atoms with Crippen LogP contribution >= 0.6 is 0 Å². The average molecular weight is 311 g/mol. The van der Waals surface area contributed by atoms with Crippen molar-refractivity contribution in [3.63, 3.8) is 0 Å². The molecular formula is C18H21N3O2. The molecule has 1 spiro atoms. The first-order chi connectivity index (χ1) is 11.2. The summed E-state index contributed by atoms with van der Waals surface area (Å²) in [5.74, 6) is 0.125. The molecule has 4 rings (SSSR count). The first kappa shape index (κ1) is 14.5. The Labute approximate surface area is 135 Å². The number of nitrogens with zero attached hydrogens (tertiary/aromatic N) is 2. The van der Waals surface area contributed by atoms with Crippen LogP contribution in [0.2, 0.25) is 0 Å². The van der Waals surface area contributed by atoms with Crippen molar-refractivity contribution in [2.24, 2.45) is 5.41 Å². The summed E-state index contributed by atoms with van der Waals surface area (Å²) < 4.78 is 5.21. The molecule has 2 aromatic rings. The molecule has 0 radical (unpaired) electrons. The molecule has 0 unspecified atom stereocenters. The van der Waals surface area contributed by atoms with E-state index in [4.69, 9.17) is 4.52 Å². The number of hydrogen-bond acceptors (Lipinski definition) is 4. The number of benzene rings is 1. The number of carbonyl (C=O) groups is 1. The van der Waals surface area contributed by atoms with Crippen molar-refractivity contribution in [3.8, 4) is 11.3 Å². The van der Waals surface area contributed by atoms with Gasteiger partial charge in [0.05, 0.1) is 0 Å². The minimum atomic E-state index is -0.161. The van der Waals surface area contributed by atoms with Gasteiger partial charge in [-0.1, -0.05) is 42.4 Å². The Morgan fingerprint density at radius 3 is 2.78 bits per heavy atom. The van der Waals surface area contributed by atoms with Crippen LogP contribution in [-0.4, -0.2) is 41.6 Å². The van der Waals surface area contributed by atoms with Crippen LogP contribution in [0.4, 0.5) is 0 Å². The normalized spacial score (nSPS) is 20.0. The van der Waals surface area contributed by atoms with E-state index in [9.17, 15) is 4.79 Å². The van der Waals surface area contributed by atoms with E-state index in [1.807, 2.05) is 30.3 Å². The van der Waals surface area contributed by atoms with Crippen LogP contribution in [0.25, 0.3) is 11.3 Å². The fraction of sp³-hybridized carbons (Fsp3) is 0.444. The lowest BCUT2D eigenvalue weighted by Gasteiger charge is -2.59. The van der Waals surface area contributed by atoms with Crippen molar-refractivity contribution in [1.82, 2.24) is 15.4 Å². The van der Waals surface area contributed by atoms with Crippen LogP contribution in [0.5, 0.6) is 0 Å². The van der Waals surface area contributed by atoms with E-state index >= 15 is 0 Å². The van der Waals surface area contributed by atoms with Crippen molar-refractivity contribution in [3.05, 3.63) is 42.2 Å². The second kappa shape index (κ2) is 5.49. The molecule has 0 bridgehead atoms. The van der Waals surface area contributed by atoms with Gasteiger partial charge in [-0.3, -0.25) is 4.79 Å². The number of hydrogen-bond donors (Lipinski definition) is 1. The summed E-state index contributed by atoms with van der Waals surface area (Å²) in [6.07, 6.45) is 2.16. The Balaban J connectivity index is 1.33. The Morgan fingerprint density at radius 2 is 2.09 bits per heavy atom. The van der Waals surface area contributed by atoms with E-state index in [1.165, 1.54) is 13.1 Å². The molecule has 1 aliphatic carbocycles. The molecule has 5 nitrogen and oxygen atoms in total. The number of aromatic nitrogens is 1. The molecule has 1 aromatic carbocycles. The fourth-order valence-electron chi connectivity index (χ4n) is 3.86. The molecule has 1 aromatic heterocycles. The first-order valence-electron chi connectivity index (χ1n) is 8.23. The maximum absolute atomic E-state index is 12.3. The third kappa shape index (κ3) is 2.65. The summed E-state index contributed by atoms with van der Waals surface area (Å²) in [4.78, 5) is 14.7. The Morgan fingerprint density at radius 1 is 1.35 bits per heavy atom. The van der Waals surface area contributed by atoms with E-state index in [-0.39, 0.29) is 17.7 Å². The third-order valence-electron chi connectivity index (χ3n) is 5.06. The zero-order chi connectivity index (χ0) is 15.9. The molecule has 2 aliphatic rings. The van der Waals surface area contributed by atoms with Crippen molar-refractivity contribution >= 4 is 5.91 Å². The maximum atomic E-state index is 12.3. The van der Waals surface area contributed by atoms with Crippen molar-refractivity contribution in [2.45, 2.75) is 25.8 Å². The van der Waals surface area contributed by atoms with Gasteiger partial charge in [0.25, 0.3) is 5.91 Å². The quantitative estimate of drug-likeness (QED) is 0.943. The van der Waals surface area contributed by atoms with E-state index in [0.717, 1.165) is 24.9 Å². The number of amides is 1. The molecule has 1 saturated heterocycles. The standard InChI is InChI=1S/C18H21N3O2/c1-2-21-11-18(12-21)9-14(10-18)19-17(22)16-8-15(20-23-16)13-6-4-3-5-7-13/h3-8,14H,2,9-12H2,1H3,(H,19,22). The van der Waals surface area contributed by atoms with Gasteiger partial charge in [-0.05, 0) is 24.8 Å². The predicted molar refractivity (Wildman–Crippen MR) is 87.0 cm³/mol. The smallest absolute Gasteiger partial charge is 0.290 e. The highest BCUT2D eigenvalue weighted by atomic mass is 16.5. The SMILES string of the molecule is CCN1CC2(CC(NC(=O)c3cc(-c4ccccc4)no3)C2)C1. The van der Waals surface area contributed by atoms with Gasteiger partial charge in [0.15, 0.2) is 0 Å². The molecule has 1 amide bonds. The number of rotatable bonds is 4. The van der Waals surface area contributed by atoms with Gasteiger partial charge in [0, 0.05) is 30.8 Å². The van der Waals surface area contributed by atoms with Crippen LogP contribution in [0.1, 0.15) is 30.3 Å². The Bertz CT molecular complexity index is 696. The van der Waals surface area contributed by atoms with Crippen LogP contribution in [0, 0.1) is 5.41 Å². The van der Waals surface area contributed by atoms with Crippen molar-refractivity contribution in [2.75, 3.05) is 19.6 Å². The molecule has 1 aliphatic heterocycles. The van der Waals surface area contributed by atoms with Crippen LogP contribution in [0.3, 0.4) is 0 Å². The highest BCUT2D eigenvalue weighted by molar-refractivity contribution is 5.92. The average Bonchev–Trinajstić information content (AvgIpc) is 2.99. The first-order valence-corrected chi connectivity index (χ1v) is 8.23. The molecule has 2 heterocycles. The third-order valence-corrected chi connectivity index (χ3v) is 5.06. The van der Waals surface area contributed by atoms with Crippen LogP contribution in [0.15, 0.2) is 40.9 Å². The fourth-order valence-corrected chi connectivity index (χ4v) is 3.86. The molecule has 120 valence electrons. The van der Waals surface area contributed by atoms with Gasteiger partial charge < -0.3 is 14.7 Å². The van der Waals surface area contributed by atoms with Crippen LogP contribution < -0.4 is 5.32 Å². The molecular weight excluding hydrogens is 290 g/mol. The zero-order valence-corrected chi connectivity index (χ0v) is 13.3. The maximum Gasteiger partial charge on any atom is 0.290 e. The zero-order valence-electron chi connectivity index (χ0n) is 13.3. The molecule has 0 atom stereocenters. The second-order valence-electron chi connectivity index (χ2n) is 6.82. The van der Waals surface area contributed by atoms with Gasteiger partial charge in [-0.2, -0.15) is 0 Å². The second-order valence-corrected chi connectivity index (χ2v) is 6.82. The number of nitrogens with one attached hydrogen (secondary N) is 1. The van der Waals surface area contributed by atoms with Gasteiger partial charge in [0.2, 0.25) is 5.76 Å². The lowest BCUT2D eigenvalue weighted by Crippen LogP contribution is -2.66. The Kier molecular flexibility index (Phi) is 3.45. The highest BCUT2D eigenvalue weighted by Gasteiger charge is 2.52. The van der Waals surface area contributed by atoms with Crippen molar-refractivity contribution < 1.29 is 9.32 Å². The van der Waals surface area contributed by atoms with Crippen molar-refractivity contribution in [1.29, 1.82) is 0 Å². The van der Waals surface area contributed by atoms with E-state index < -0.39 is 0 Å². The molecule has 23 heavy (non-hydrogen) atoms. The van der Waals surface area contributed by atoms with E-state index in [1.54, 1.807) is 6.07 Å². The van der Waals surface area contributed by atoms with Gasteiger partial charge in [-0.25, -0.2) is 0 Å². The summed E-state index contributed by atoms with van der Waals surface area (Å²) in [7, 11) is 0. The number of carbonyl (C=O) groups excluding carboxylic acids is 1.